The second-order valence-corrected chi connectivity index (χ2v) is 7.24. The normalized spacial score (nSPS) is 17.2. The van der Waals surface area contributed by atoms with Gasteiger partial charge in [0.25, 0.3) is 0 Å². The fourth-order valence-electron chi connectivity index (χ4n) is 3.08. The first-order chi connectivity index (χ1) is 11.3. The molecule has 0 N–H and O–H groups in total. The van der Waals surface area contributed by atoms with Gasteiger partial charge in [0.15, 0.2) is 0 Å². The van der Waals surface area contributed by atoms with Crippen LogP contribution in [-0.2, 0) is 9.53 Å². The standard InChI is InChI=1S/C19H27NO4/c1-19(2,3)24-18(22)20-10-8-14(9-11-20)17(13-21)15-6-5-7-16(12-15)23-4/h5-7,12-14,17H,8-11H2,1-4H3. The van der Waals surface area contributed by atoms with Gasteiger partial charge in [0.1, 0.15) is 17.6 Å². The zero-order chi connectivity index (χ0) is 17.7. The van der Waals surface area contributed by atoms with Crippen molar-refractivity contribution in [2.45, 2.75) is 45.1 Å². The number of rotatable bonds is 4. The first-order valence-electron chi connectivity index (χ1n) is 8.41. The lowest BCUT2D eigenvalue weighted by Crippen LogP contribution is -2.42. The molecule has 1 heterocycles. The van der Waals surface area contributed by atoms with Crippen LogP contribution in [-0.4, -0.2) is 43.1 Å². The van der Waals surface area contributed by atoms with Gasteiger partial charge in [-0.05, 0) is 57.2 Å². The van der Waals surface area contributed by atoms with E-state index in [1.54, 1.807) is 12.0 Å². The van der Waals surface area contributed by atoms with Crippen LogP contribution in [0, 0.1) is 5.92 Å². The van der Waals surface area contributed by atoms with E-state index < -0.39 is 5.60 Å². The van der Waals surface area contributed by atoms with Crippen LogP contribution in [0.25, 0.3) is 0 Å². The molecule has 1 aliphatic heterocycles. The average molecular weight is 333 g/mol. The predicted octanol–water partition coefficient (Wildman–Crippen LogP) is 3.62. The number of likely N-dealkylation sites (tertiary alicyclic amines) is 1. The first kappa shape index (κ1) is 18.3. The van der Waals surface area contributed by atoms with E-state index in [9.17, 15) is 9.59 Å². The van der Waals surface area contributed by atoms with E-state index in [2.05, 4.69) is 0 Å². The molecule has 2 rings (SSSR count). The number of amides is 1. The quantitative estimate of drug-likeness (QED) is 0.790. The summed E-state index contributed by atoms with van der Waals surface area (Å²) in [7, 11) is 1.62. The van der Waals surface area contributed by atoms with Gasteiger partial charge in [0.05, 0.1) is 7.11 Å². The highest BCUT2D eigenvalue weighted by atomic mass is 16.6. The van der Waals surface area contributed by atoms with E-state index in [1.165, 1.54) is 0 Å². The molecule has 1 aromatic carbocycles. The van der Waals surface area contributed by atoms with Crippen LogP contribution in [0.5, 0.6) is 5.75 Å². The summed E-state index contributed by atoms with van der Waals surface area (Å²) < 4.78 is 10.7. The summed E-state index contributed by atoms with van der Waals surface area (Å²) in [5, 5.41) is 0. The summed E-state index contributed by atoms with van der Waals surface area (Å²) in [6.07, 6.45) is 2.33. The minimum atomic E-state index is -0.486. The number of piperidine rings is 1. The van der Waals surface area contributed by atoms with Gasteiger partial charge in [-0.1, -0.05) is 12.1 Å². The van der Waals surface area contributed by atoms with Gasteiger partial charge in [-0.3, -0.25) is 0 Å². The largest absolute Gasteiger partial charge is 0.497 e. The highest BCUT2D eigenvalue weighted by molar-refractivity contribution is 5.68. The molecule has 1 saturated heterocycles. The van der Waals surface area contributed by atoms with Crippen molar-refractivity contribution in [3.05, 3.63) is 29.8 Å². The maximum atomic E-state index is 12.1. The Kier molecular flexibility index (Phi) is 5.86. The molecule has 0 spiro atoms. The molecular formula is C19H27NO4. The van der Waals surface area contributed by atoms with Crippen molar-refractivity contribution in [2.24, 2.45) is 5.92 Å². The van der Waals surface area contributed by atoms with Crippen molar-refractivity contribution in [1.82, 2.24) is 4.90 Å². The Labute approximate surface area is 143 Å². The highest BCUT2D eigenvalue weighted by Crippen LogP contribution is 2.33. The van der Waals surface area contributed by atoms with Crippen LogP contribution in [0.2, 0.25) is 0 Å². The average Bonchev–Trinajstić information content (AvgIpc) is 2.55. The lowest BCUT2D eigenvalue weighted by atomic mass is 9.81. The summed E-state index contributed by atoms with van der Waals surface area (Å²) in [6, 6.07) is 7.65. The number of ether oxygens (including phenoxy) is 2. The minimum Gasteiger partial charge on any atom is -0.497 e. The van der Waals surface area contributed by atoms with E-state index >= 15 is 0 Å². The maximum Gasteiger partial charge on any atom is 0.410 e. The molecule has 0 radical (unpaired) electrons. The van der Waals surface area contributed by atoms with Gasteiger partial charge < -0.3 is 19.2 Å². The van der Waals surface area contributed by atoms with E-state index in [4.69, 9.17) is 9.47 Å². The first-order valence-corrected chi connectivity index (χ1v) is 8.41. The van der Waals surface area contributed by atoms with E-state index in [1.807, 2.05) is 45.0 Å². The van der Waals surface area contributed by atoms with Crippen molar-refractivity contribution >= 4 is 12.4 Å². The van der Waals surface area contributed by atoms with Gasteiger partial charge in [-0.2, -0.15) is 0 Å². The number of methoxy groups -OCH3 is 1. The molecule has 5 nitrogen and oxygen atoms in total. The van der Waals surface area contributed by atoms with Crippen LogP contribution in [0.15, 0.2) is 24.3 Å². The third kappa shape index (κ3) is 4.73. The Morgan fingerprint density at radius 2 is 1.96 bits per heavy atom. The molecule has 5 heteroatoms. The van der Waals surface area contributed by atoms with Gasteiger partial charge in [-0.25, -0.2) is 4.79 Å². The van der Waals surface area contributed by atoms with E-state index in [0.717, 1.165) is 30.4 Å². The number of carbonyl (C=O) groups excluding carboxylic acids is 2. The van der Waals surface area contributed by atoms with Crippen molar-refractivity contribution in [2.75, 3.05) is 20.2 Å². The van der Waals surface area contributed by atoms with E-state index in [-0.39, 0.29) is 17.9 Å². The zero-order valence-corrected chi connectivity index (χ0v) is 15.0. The number of nitrogens with zero attached hydrogens (tertiary/aromatic N) is 1. The Morgan fingerprint density at radius 1 is 1.29 bits per heavy atom. The number of hydrogen-bond donors (Lipinski definition) is 0. The third-order valence-corrected chi connectivity index (χ3v) is 4.32. The summed E-state index contributed by atoms with van der Waals surface area (Å²) in [6.45, 7) is 6.83. The number of carbonyl (C=O) groups is 2. The Morgan fingerprint density at radius 3 is 2.50 bits per heavy atom. The van der Waals surface area contributed by atoms with Crippen molar-refractivity contribution in [3.8, 4) is 5.75 Å². The molecule has 1 fully saturated rings. The summed E-state index contributed by atoms with van der Waals surface area (Å²) in [5.74, 6) is 0.819. The van der Waals surface area contributed by atoms with Crippen LogP contribution in [0.1, 0.15) is 45.1 Å². The summed E-state index contributed by atoms with van der Waals surface area (Å²) in [4.78, 5) is 25.5. The molecular weight excluding hydrogens is 306 g/mol. The van der Waals surface area contributed by atoms with Gasteiger partial charge in [-0.15, -0.1) is 0 Å². The fraction of sp³-hybridized carbons (Fsp3) is 0.579. The van der Waals surface area contributed by atoms with Crippen molar-refractivity contribution in [1.29, 1.82) is 0 Å². The molecule has 0 aromatic heterocycles. The lowest BCUT2D eigenvalue weighted by Gasteiger charge is -2.35. The highest BCUT2D eigenvalue weighted by Gasteiger charge is 2.31. The topological polar surface area (TPSA) is 55.8 Å². The molecule has 132 valence electrons. The molecule has 24 heavy (non-hydrogen) atoms. The van der Waals surface area contributed by atoms with Gasteiger partial charge in [0.2, 0.25) is 0 Å². The van der Waals surface area contributed by atoms with Gasteiger partial charge >= 0.3 is 6.09 Å². The van der Waals surface area contributed by atoms with Crippen LogP contribution >= 0.6 is 0 Å². The van der Waals surface area contributed by atoms with Crippen LogP contribution in [0.4, 0.5) is 4.79 Å². The maximum absolute atomic E-state index is 12.1. The molecule has 0 aliphatic carbocycles. The second-order valence-electron chi connectivity index (χ2n) is 7.24. The van der Waals surface area contributed by atoms with E-state index in [0.29, 0.717) is 13.1 Å². The number of benzene rings is 1. The van der Waals surface area contributed by atoms with Crippen LogP contribution < -0.4 is 4.74 Å². The monoisotopic (exact) mass is 333 g/mol. The van der Waals surface area contributed by atoms with Crippen molar-refractivity contribution < 1.29 is 19.1 Å². The Balaban J connectivity index is 1.99. The molecule has 1 unspecified atom stereocenters. The molecule has 1 amide bonds. The SMILES string of the molecule is COc1cccc(C(C=O)C2CCN(C(=O)OC(C)(C)C)CC2)c1. The zero-order valence-electron chi connectivity index (χ0n) is 15.0. The molecule has 1 aromatic rings. The smallest absolute Gasteiger partial charge is 0.410 e. The number of hydrogen-bond acceptors (Lipinski definition) is 4. The number of aldehydes is 1. The predicted molar refractivity (Wildman–Crippen MR) is 92.3 cm³/mol. The summed E-state index contributed by atoms with van der Waals surface area (Å²) >= 11 is 0. The Hall–Kier alpha value is -2.04. The molecule has 1 aliphatic rings. The molecule has 1 atom stereocenters. The van der Waals surface area contributed by atoms with Crippen LogP contribution in [0.3, 0.4) is 0 Å². The van der Waals surface area contributed by atoms with Crippen molar-refractivity contribution in [3.63, 3.8) is 0 Å². The Bertz CT molecular complexity index is 571. The summed E-state index contributed by atoms with van der Waals surface area (Å²) in [5.41, 5.74) is 0.486. The van der Waals surface area contributed by atoms with Gasteiger partial charge in [0, 0.05) is 19.0 Å². The molecule has 0 bridgehead atoms. The molecule has 0 saturated carbocycles. The third-order valence-electron chi connectivity index (χ3n) is 4.32. The fourth-order valence-corrected chi connectivity index (χ4v) is 3.08. The minimum absolute atomic E-state index is 0.166. The second kappa shape index (κ2) is 7.69. The lowest BCUT2D eigenvalue weighted by molar-refractivity contribution is -0.110.